The van der Waals surface area contributed by atoms with Crippen LogP contribution in [-0.4, -0.2) is 44.9 Å². The minimum absolute atomic E-state index is 0.320. The molecule has 0 aromatic carbocycles. The van der Waals surface area contributed by atoms with Crippen LogP contribution in [0.15, 0.2) is 17.6 Å². The molecule has 2 heterocycles. The van der Waals surface area contributed by atoms with E-state index in [0.717, 1.165) is 11.2 Å². The van der Waals surface area contributed by atoms with E-state index in [1.54, 1.807) is 12.7 Å². The van der Waals surface area contributed by atoms with Gasteiger partial charge in [0.1, 0.15) is 6.33 Å². The Hall–Kier alpha value is -1.98. The number of hydrogen-bond donors (Lipinski definition) is 0. The third-order valence-electron chi connectivity index (χ3n) is 2.31. The summed E-state index contributed by atoms with van der Waals surface area (Å²) >= 11 is 0. The topological polar surface area (TPSA) is 59.2 Å². The Morgan fingerprint density at radius 2 is 2.06 bits per heavy atom. The lowest BCUT2D eigenvalue weighted by atomic mass is 10.4. The van der Waals surface area contributed by atoms with Crippen molar-refractivity contribution in [2.24, 2.45) is 4.99 Å². The third-order valence-corrected chi connectivity index (χ3v) is 2.31. The summed E-state index contributed by atoms with van der Waals surface area (Å²) in [5.74, 6) is 0.600. The van der Waals surface area contributed by atoms with E-state index in [-0.39, 0.29) is 0 Å². The molecular weight excluding hydrogens is 216 g/mol. The molecule has 17 heavy (non-hydrogen) atoms. The van der Waals surface area contributed by atoms with E-state index in [2.05, 4.69) is 33.8 Å². The fourth-order valence-electron chi connectivity index (χ4n) is 1.48. The zero-order chi connectivity index (χ0) is 12.4. The number of aliphatic imine (C=N–C) groups is 1. The molecule has 90 valence electrons. The van der Waals surface area contributed by atoms with Crippen LogP contribution < -0.4 is 0 Å². The molecule has 0 atom stereocenters. The van der Waals surface area contributed by atoms with Crippen LogP contribution in [0.25, 0.3) is 11.2 Å². The predicted octanol–water partition coefficient (Wildman–Crippen LogP) is 1.63. The Balaban J connectivity index is 2.52. The first-order valence-electron chi connectivity index (χ1n) is 5.47. The molecule has 2 rings (SSSR count). The molecule has 0 aliphatic heterocycles. The number of imidazole rings is 1. The van der Waals surface area contributed by atoms with Crippen LogP contribution in [0.4, 0.5) is 5.82 Å². The van der Waals surface area contributed by atoms with Crippen molar-refractivity contribution in [3.05, 3.63) is 12.7 Å². The van der Waals surface area contributed by atoms with Crippen LogP contribution in [0.3, 0.4) is 0 Å². The highest BCUT2D eigenvalue weighted by molar-refractivity contribution is 5.82. The highest BCUT2D eigenvalue weighted by atomic mass is 15.2. The molecule has 0 saturated carbocycles. The van der Waals surface area contributed by atoms with E-state index >= 15 is 0 Å². The molecule has 6 nitrogen and oxygen atoms in total. The van der Waals surface area contributed by atoms with Gasteiger partial charge in [-0.15, -0.1) is 0 Å². The first-order chi connectivity index (χ1) is 8.09. The summed E-state index contributed by atoms with van der Waals surface area (Å²) in [6, 6.07) is 0.320. The lowest BCUT2D eigenvalue weighted by Gasteiger charge is -2.06. The van der Waals surface area contributed by atoms with E-state index < -0.39 is 0 Å². The summed E-state index contributed by atoms with van der Waals surface area (Å²) < 4.78 is 2.01. The van der Waals surface area contributed by atoms with Crippen molar-refractivity contribution in [2.75, 3.05) is 14.1 Å². The van der Waals surface area contributed by atoms with E-state index in [1.807, 2.05) is 23.6 Å². The van der Waals surface area contributed by atoms with Crippen molar-refractivity contribution in [2.45, 2.75) is 19.9 Å². The van der Waals surface area contributed by atoms with Crippen LogP contribution in [0, 0.1) is 0 Å². The monoisotopic (exact) mass is 232 g/mol. The second-order valence-electron chi connectivity index (χ2n) is 4.32. The van der Waals surface area contributed by atoms with Gasteiger partial charge in [-0.3, -0.25) is 0 Å². The van der Waals surface area contributed by atoms with Crippen LogP contribution in [0.2, 0.25) is 0 Å². The van der Waals surface area contributed by atoms with Gasteiger partial charge < -0.3 is 9.47 Å². The number of hydrogen-bond acceptors (Lipinski definition) is 4. The molecule has 0 unspecified atom stereocenters. The third kappa shape index (κ3) is 2.25. The number of fused-ring (bicyclic) bond motifs is 1. The second kappa shape index (κ2) is 4.48. The van der Waals surface area contributed by atoms with Crippen molar-refractivity contribution in [1.82, 2.24) is 24.4 Å². The fraction of sp³-hybridized carbons (Fsp3) is 0.455. The fourth-order valence-corrected chi connectivity index (χ4v) is 1.48. The maximum Gasteiger partial charge on any atom is 0.184 e. The second-order valence-corrected chi connectivity index (χ2v) is 4.32. The van der Waals surface area contributed by atoms with E-state index in [9.17, 15) is 0 Å². The molecule has 0 radical (unpaired) electrons. The summed E-state index contributed by atoms with van der Waals surface area (Å²) in [6.07, 6.45) is 5.00. The lowest BCUT2D eigenvalue weighted by Crippen LogP contribution is -2.07. The van der Waals surface area contributed by atoms with E-state index in [4.69, 9.17) is 0 Å². The molecule has 0 spiro atoms. The number of aromatic nitrogens is 4. The van der Waals surface area contributed by atoms with Gasteiger partial charge >= 0.3 is 0 Å². The summed E-state index contributed by atoms with van der Waals surface area (Å²) in [5.41, 5.74) is 1.56. The van der Waals surface area contributed by atoms with Gasteiger partial charge in [-0.2, -0.15) is 0 Å². The molecule has 6 heteroatoms. The largest absolute Gasteiger partial charge is 0.369 e. The Labute approximate surface area is 100 Å². The molecule has 2 aromatic rings. The van der Waals surface area contributed by atoms with Crippen LogP contribution in [0.1, 0.15) is 19.9 Å². The predicted molar refractivity (Wildman–Crippen MR) is 67.5 cm³/mol. The number of nitrogens with zero attached hydrogens (tertiary/aromatic N) is 6. The minimum Gasteiger partial charge on any atom is -0.369 e. The lowest BCUT2D eigenvalue weighted by molar-refractivity contribution is 0.612. The Morgan fingerprint density at radius 1 is 1.29 bits per heavy atom. The first-order valence-corrected chi connectivity index (χ1v) is 5.47. The van der Waals surface area contributed by atoms with Gasteiger partial charge in [-0.1, -0.05) is 0 Å². The van der Waals surface area contributed by atoms with Crippen molar-refractivity contribution in [3.8, 4) is 0 Å². The maximum atomic E-state index is 4.32. The Kier molecular flexibility index (Phi) is 3.03. The highest BCUT2D eigenvalue weighted by Gasteiger charge is 2.10. The Morgan fingerprint density at radius 3 is 2.71 bits per heavy atom. The summed E-state index contributed by atoms with van der Waals surface area (Å²) in [7, 11) is 3.82. The van der Waals surface area contributed by atoms with E-state index in [1.165, 1.54) is 6.33 Å². The van der Waals surface area contributed by atoms with Gasteiger partial charge in [0.15, 0.2) is 17.0 Å². The molecule has 0 bridgehead atoms. The molecular formula is C11H16N6. The first kappa shape index (κ1) is 11.5. The summed E-state index contributed by atoms with van der Waals surface area (Å²) in [4.78, 5) is 18.9. The quantitative estimate of drug-likeness (QED) is 0.596. The average Bonchev–Trinajstić information content (AvgIpc) is 2.70. The van der Waals surface area contributed by atoms with Crippen molar-refractivity contribution in [3.63, 3.8) is 0 Å². The standard InChI is InChI=1S/C11H16N6/c1-8(2)17-7-14-9-10(15-6-16(3)4)12-5-13-11(9)17/h5-8H,1-4H3/b15-6+. The van der Waals surface area contributed by atoms with Gasteiger partial charge in [0.2, 0.25) is 0 Å². The van der Waals surface area contributed by atoms with Crippen molar-refractivity contribution in [1.29, 1.82) is 0 Å². The maximum absolute atomic E-state index is 4.32. The summed E-state index contributed by atoms with van der Waals surface area (Å²) in [5, 5.41) is 0. The zero-order valence-electron chi connectivity index (χ0n) is 10.5. The molecule has 0 fully saturated rings. The molecule has 2 aromatic heterocycles. The molecule has 0 saturated heterocycles. The Bertz CT molecular complexity index is 540. The van der Waals surface area contributed by atoms with Gasteiger partial charge in [-0.25, -0.2) is 19.9 Å². The smallest absolute Gasteiger partial charge is 0.184 e. The molecule has 0 aliphatic carbocycles. The van der Waals surface area contributed by atoms with E-state index in [0.29, 0.717) is 11.9 Å². The molecule has 0 amide bonds. The number of rotatable bonds is 3. The van der Waals surface area contributed by atoms with Crippen molar-refractivity contribution >= 4 is 23.3 Å². The average molecular weight is 232 g/mol. The SMILES string of the molecule is CC(C)n1cnc2c(/N=C/N(C)C)ncnc21. The van der Waals surface area contributed by atoms with Gasteiger partial charge in [0.05, 0.1) is 12.7 Å². The van der Waals surface area contributed by atoms with Crippen LogP contribution in [-0.2, 0) is 0 Å². The van der Waals surface area contributed by atoms with Gasteiger partial charge in [0.25, 0.3) is 0 Å². The van der Waals surface area contributed by atoms with Crippen LogP contribution in [0.5, 0.6) is 0 Å². The van der Waals surface area contributed by atoms with Gasteiger partial charge in [-0.05, 0) is 13.8 Å². The normalized spacial score (nSPS) is 11.8. The molecule has 0 N–H and O–H groups in total. The van der Waals surface area contributed by atoms with Gasteiger partial charge in [0, 0.05) is 20.1 Å². The zero-order valence-corrected chi connectivity index (χ0v) is 10.5. The van der Waals surface area contributed by atoms with Crippen LogP contribution >= 0.6 is 0 Å². The highest BCUT2D eigenvalue weighted by Crippen LogP contribution is 2.21. The molecule has 0 aliphatic rings. The van der Waals surface area contributed by atoms with Crippen molar-refractivity contribution < 1.29 is 0 Å². The minimum atomic E-state index is 0.320. The summed E-state index contributed by atoms with van der Waals surface area (Å²) in [6.45, 7) is 4.18.